The van der Waals surface area contributed by atoms with Gasteiger partial charge in [0, 0.05) is 5.56 Å². The van der Waals surface area contributed by atoms with Crippen molar-refractivity contribution in [2.24, 2.45) is 0 Å². The SMILES string of the molecule is O=C1Cc2cc3n(c(=O)c2CO1)Cc1c-3[nH]c2cccc(O)c2c1=O. The van der Waals surface area contributed by atoms with Crippen molar-refractivity contribution in [3.8, 4) is 17.1 Å². The molecule has 2 N–H and O–H groups in total. The number of cyclic esters (lactones) is 1. The van der Waals surface area contributed by atoms with Gasteiger partial charge in [-0.05, 0) is 23.8 Å². The van der Waals surface area contributed by atoms with Crippen molar-refractivity contribution in [3.63, 3.8) is 0 Å². The van der Waals surface area contributed by atoms with Crippen LogP contribution < -0.4 is 11.0 Å². The minimum Gasteiger partial charge on any atom is -0.507 e. The van der Waals surface area contributed by atoms with Crippen LogP contribution in [0.5, 0.6) is 5.75 Å². The Morgan fingerprint density at radius 2 is 2.00 bits per heavy atom. The fourth-order valence-corrected chi connectivity index (χ4v) is 3.66. The Morgan fingerprint density at radius 3 is 2.84 bits per heavy atom. The Hall–Kier alpha value is -3.35. The molecule has 0 bridgehead atoms. The Kier molecular flexibility index (Phi) is 2.58. The molecule has 25 heavy (non-hydrogen) atoms. The molecule has 3 aromatic rings. The van der Waals surface area contributed by atoms with Crippen molar-refractivity contribution in [3.05, 3.63) is 61.5 Å². The monoisotopic (exact) mass is 336 g/mol. The Balaban J connectivity index is 1.85. The maximum atomic E-state index is 12.8. The van der Waals surface area contributed by atoms with Gasteiger partial charge < -0.3 is 19.4 Å². The van der Waals surface area contributed by atoms with E-state index in [2.05, 4.69) is 4.98 Å². The second-order valence-corrected chi connectivity index (χ2v) is 6.27. The van der Waals surface area contributed by atoms with E-state index in [-0.39, 0.29) is 47.7 Å². The number of rotatable bonds is 0. The smallest absolute Gasteiger partial charge is 0.310 e. The molecule has 124 valence electrons. The highest BCUT2D eigenvalue weighted by molar-refractivity contribution is 5.88. The first kappa shape index (κ1) is 14.0. The second kappa shape index (κ2) is 4.60. The van der Waals surface area contributed by atoms with Gasteiger partial charge in [-0.3, -0.25) is 14.4 Å². The second-order valence-electron chi connectivity index (χ2n) is 6.27. The molecular formula is C18H12N2O5. The van der Waals surface area contributed by atoms with Crippen LogP contribution in [0.3, 0.4) is 0 Å². The van der Waals surface area contributed by atoms with Gasteiger partial charge in [-0.1, -0.05) is 6.07 Å². The number of aromatic hydroxyl groups is 1. The number of fused-ring (bicyclic) bond motifs is 5. The fourth-order valence-electron chi connectivity index (χ4n) is 3.66. The Morgan fingerprint density at radius 1 is 1.16 bits per heavy atom. The third kappa shape index (κ3) is 1.77. The molecule has 1 aromatic carbocycles. The number of aromatic nitrogens is 2. The van der Waals surface area contributed by atoms with E-state index in [0.717, 1.165) is 0 Å². The first-order valence-corrected chi connectivity index (χ1v) is 7.83. The number of benzene rings is 1. The van der Waals surface area contributed by atoms with Crippen molar-refractivity contribution in [2.75, 3.05) is 0 Å². The van der Waals surface area contributed by atoms with E-state index in [1.54, 1.807) is 18.2 Å². The number of hydrogen-bond donors (Lipinski definition) is 2. The summed E-state index contributed by atoms with van der Waals surface area (Å²) in [5.41, 5.74) is 2.61. The van der Waals surface area contributed by atoms with Crippen LogP contribution in [0, 0.1) is 0 Å². The molecule has 0 radical (unpaired) electrons. The van der Waals surface area contributed by atoms with E-state index in [4.69, 9.17) is 4.74 Å². The molecule has 2 aromatic heterocycles. The number of phenolic OH excluding ortho intramolecular Hbond substituents is 1. The molecule has 0 saturated heterocycles. The zero-order valence-corrected chi connectivity index (χ0v) is 13.0. The number of carbonyl (C=O) groups excluding carboxylic acids is 1. The van der Waals surface area contributed by atoms with Gasteiger partial charge >= 0.3 is 5.97 Å². The van der Waals surface area contributed by atoms with Crippen LogP contribution in [0.2, 0.25) is 0 Å². The molecule has 4 heterocycles. The van der Waals surface area contributed by atoms with E-state index < -0.39 is 0 Å². The highest BCUT2D eigenvalue weighted by Gasteiger charge is 2.29. The van der Waals surface area contributed by atoms with Crippen molar-refractivity contribution in [1.82, 2.24) is 9.55 Å². The van der Waals surface area contributed by atoms with Crippen molar-refractivity contribution < 1.29 is 14.6 Å². The number of nitrogens with one attached hydrogen (secondary N) is 1. The third-order valence-electron chi connectivity index (χ3n) is 4.88. The van der Waals surface area contributed by atoms with Crippen LogP contribution in [0.15, 0.2) is 33.9 Å². The predicted molar refractivity (Wildman–Crippen MR) is 88.5 cm³/mol. The molecule has 0 saturated carbocycles. The van der Waals surface area contributed by atoms with Gasteiger partial charge in [0.25, 0.3) is 5.56 Å². The summed E-state index contributed by atoms with van der Waals surface area (Å²) < 4.78 is 6.48. The van der Waals surface area contributed by atoms with Crippen molar-refractivity contribution >= 4 is 16.9 Å². The predicted octanol–water partition coefficient (Wildman–Crippen LogP) is 1.02. The number of hydrogen-bond acceptors (Lipinski definition) is 5. The summed E-state index contributed by atoms with van der Waals surface area (Å²) in [7, 11) is 0. The molecule has 2 aliphatic rings. The maximum Gasteiger partial charge on any atom is 0.310 e. The molecule has 0 aliphatic carbocycles. The van der Waals surface area contributed by atoms with Gasteiger partial charge in [0.1, 0.15) is 12.4 Å². The molecule has 0 spiro atoms. The summed E-state index contributed by atoms with van der Waals surface area (Å²) in [6.07, 6.45) is 0.0480. The first-order valence-electron chi connectivity index (χ1n) is 7.83. The van der Waals surface area contributed by atoms with Gasteiger partial charge in [0.2, 0.25) is 0 Å². The average Bonchev–Trinajstić information content (AvgIpc) is 2.94. The van der Waals surface area contributed by atoms with E-state index in [1.165, 1.54) is 10.6 Å². The van der Waals surface area contributed by atoms with Gasteiger partial charge in [-0.15, -0.1) is 0 Å². The molecule has 7 nitrogen and oxygen atoms in total. The maximum absolute atomic E-state index is 12.8. The molecule has 5 rings (SSSR count). The van der Waals surface area contributed by atoms with E-state index in [1.807, 2.05) is 0 Å². The molecule has 2 aliphatic heterocycles. The van der Waals surface area contributed by atoms with Gasteiger partial charge in [-0.2, -0.15) is 0 Å². The Bertz CT molecular complexity index is 1220. The number of H-pyrrole nitrogens is 1. The first-order chi connectivity index (χ1) is 12.0. The normalized spacial score (nSPS) is 14.8. The summed E-state index contributed by atoms with van der Waals surface area (Å²) in [5.74, 6) is -0.463. The number of ether oxygens (including phenoxy) is 1. The lowest BCUT2D eigenvalue weighted by Gasteiger charge is -2.17. The van der Waals surface area contributed by atoms with Gasteiger partial charge in [0.05, 0.1) is 40.8 Å². The lowest BCUT2D eigenvalue weighted by atomic mass is 10.0. The molecular weight excluding hydrogens is 324 g/mol. The molecule has 0 atom stereocenters. The van der Waals surface area contributed by atoms with Crippen molar-refractivity contribution in [1.29, 1.82) is 0 Å². The molecule has 0 unspecified atom stereocenters. The minimum atomic E-state index is -0.369. The van der Waals surface area contributed by atoms with Crippen LogP contribution >= 0.6 is 0 Å². The highest BCUT2D eigenvalue weighted by Crippen LogP contribution is 2.32. The summed E-state index contributed by atoms with van der Waals surface area (Å²) in [6.45, 7) is 0.0880. The van der Waals surface area contributed by atoms with Gasteiger partial charge in [0.15, 0.2) is 5.43 Å². The van der Waals surface area contributed by atoms with Crippen LogP contribution in [0.25, 0.3) is 22.3 Å². The van der Waals surface area contributed by atoms with Crippen LogP contribution in [-0.2, 0) is 29.1 Å². The topological polar surface area (TPSA) is 101 Å². The van der Waals surface area contributed by atoms with E-state index >= 15 is 0 Å². The largest absolute Gasteiger partial charge is 0.507 e. The third-order valence-corrected chi connectivity index (χ3v) is 4.88. The van der Waals surface area contributed by atoms with Crippen LogP contribution in [0.4, 0.5) is 0 Å². The number of phenols is 1. The van der Waals surface area contributed by atoms with Gasteiger partial charge in [-0.25, -0.2) is 0 Å². The number of carbonyl (C=O) groups is 1. The van der Waals surface area contributed by atoms with Crippen LogP contribution in [0.1, 0.15) is 16.7 Å². The minimum absolute atomic E-state index is 0.0413. The summed E-state index contributed by atoms with van der Waals surface area (Å²) in [6, 6.07) is 6.58. The summed E-state index contributed by atoms with van der Waals surface area (Å²) in [5, 5.41) is 10.2. The molecule has 7 heteroatoms. The average molecular weight is 336 g/mol. The quantitative estimate of drug-likeness (QED) is 0.467. The van der Waals surface area contributed by atoms with E-state index in [0.29, 0.717) is 33.6 Å². The number of aromatic amines is 1. The highest BCUT2D eigenvalue weighted by atomic mass is 16.5. The lowest BCUT2D eigenvalue weighted by Crippen LogP contribution is -2.30. The zero-order chi connectivity index (χ0) is 17.3. The number of nitrogens with zero attached hydrogens (tertiary/aromatic N) is 1. The zero-order valence-electron chi connectivity index (χ0n) is 13.0. The van der Waals surface area contributed by atoms with Crippen LogP contribution in [-0.4, -0.2) is 20.6 Å². The molecule has 0 fully saturated rings. The molecule has 0 amide bonds. The lowest BCUT2D eigenvalue weighted by molar-refractivity contribution is -0.145. The standard InChI is InChI=1S/C18H12N2O5/c21-13-3-1-2-11-15(13)17(23)9-6-20-12(16(9)19-11)4-8-5-14(22)25-7-10(8)18(20)24/h1-4,21H,5-7H2,(H,19,23). The van der Waals surface area contributed by atoms with Crippen molar-refractivity contribution in [2.45, 2.75) is 19.6 Å². The Labute approximate surface area is 140 Å². The summed E-state index contributed by atoms with van der Waals surface area (Å²) >= 11 is 0. The fraction of sp³-hybridized carbons (Fsp3) is 0.167. The summed E-state index contributed by atoms with van der Waals surface area (Å²) in [4.78, 5) is 40.3. The van der Waals surface area contributed by atoms with E-state index in [9.17, 15) is 19.5 Å². The number of esters is 1. The number of pyridine rings is 2.